The van der Waals surface area contributed by atoms with Crippen molar-refractivity contribution >= 4 is 11.6 Å². The van der Waals surface area contributed by atoms with E-state index in [9.17, 15) is 4.39 Å². The molecule has 0 bridgehead atoms. The van der Waals surface area contributed by atoms with Crippen molar-refractivity contribution in [1.82, 2.24) is 5.32 Å². The van der Waals surface area contributed by atoms with Crippen LogP contribution in [0.2, 0.25) is 5.02 Å². The van der Waals surface area contributed by atoms with Crippen LogP contribution in [0.15, 0.2) is 36.4 Å². The highest BCUT2D eigenvalue weighted by molar-refractivity contribution is 6.30. The minimum absolute atomic E-state index is 0.169. The fourth-order valence-electron chi connectivity index (χ4n) is 2.43. The zero-order valence-corrected chi connectivity index (χ0v) is 12.1. The van der Waals surface area contributed by atoms with E-state index < -0.39 is 0 Å². The molecule has 0 aliphatic carbocycles. The Bertz CT molecular complexity index is 555. The van der Waals surface area contributed by atoms with Gasteiger partial charge in [-0.1, -0.05) is 29.8 Å². The summed E-state index contributed by atoms with van der Waals surface area (Å²) in [6.07, 6.45) is 0. The van der Waals surface area contributed by atoms with Crippen LogP contribution in [0.1, 0.15) is 28.3 Å². The largest absolute Gasteiger partial charge is 0.309 e. The molecule has 1 nitrogen and oxygen atoms in total. The highest BCUT2D eigenvalue weighted by atomic mass is 35.5. The second-order valence-electron chi connectivity index (χ2n) is 4.75. The van der Waals surface area contributed by atoms with E-state index in [1.807, 2.05) is 51.2 Å². The van der Waals surface area contributed by atoms with Crippen molar-refractivity contribution in [3.8, 4) is 0 Å². The molecule has 0 fully saturated rings. The van der Waals surface area contributed by atoms with Gasteiger partial charge in [0.05, 0.1) is 6.04 Å². The van der Waals surface area contributed by atoms with Crippen LogP contribution in [-0.2, 0) is 0 Å². The first-order valence-corrected chi connectivity index (χ1v) is 6.60. The number of halogens is 2. The van der Waals surface area contributed by atoms with E-state index in [2.05, 4.69) is 5.32 Å². The standard InChI is InChI=1S/C16H17ClFN/c1-10-8-11(2)15(14(18)9-10)16(19-3)12-4-6-13(17)7-5-12/h4-9,16,19H,1-3H3. The van der Waals surface area contributed by atoms with Gasteiger partial charge in [0.2, 0.25) is 0 Å². The van der Waals surface area contributed by atoms with Gasteiger partial charge in [-0.25, -0.2) is 4.39 Å². The zero-order valence-electron chi connectivity index (χ0n) is 11.3. The molecule has 0 saturated heterocycles. The Hall–Kier alpha value is -1.38. The van der Waals surface area contributed by atoms with Crippen molar-refractivity contribution in [2.45, 2.75) is 19.9 Å². The van der Waals surface area contributed by atoms with Gasteiger partial charge in [-0.2, -0.15) is 0 Å². The van der Waals surface area contributed by atoms with Gasteiger partial charge in [-0.15, -0.1) is 0 Å². The maximum Gasteiger partial charge on any atom is 0.128 e. The van der Waals surface area contributed by atoms with Crippen molar-refractivity contribution in [1.29, 1.82) is 0 Å². The Morgan fingerprint density at radius 1 is 1.11 bits per heavy atom. The molecule has 3 heteroatoms. The Balaban J connectivity index is 2.51. The summed E-state index contributed by atoms with van der Waals surface area (Å²) < 4.78 is 14.2. The predicted octanol–water partition coefficient (Wildman–Crippen LogP) is 4.40. The van der Waals surface area contributed by atoms with E-state index in [1.54, 1.807) is 6.07 Å². The zero-order chi connectivity index (χ0) is 14.0. The summed E-state index contributed by atoms with van der Waals surface area (Å²) in [5.74, 6) is -0.174. The molecule has 1 N–H and O–H groups in total. The van der Waals surface area contributed by atoms with Crippen LogP contribution >= 0.6 is 11.6 Å². The first kappa shape index (κ1) is 14.0. The fraction of sp³-hybridized carbons (Fsp3) is 0.250. The number of rotatable bonds is 3. The lowest BCUT2D eigenvalue weighted by Crippen LogP contribution is -2.20. The number of benzene rings is 2. The van der Waals surface area contributed by atoms with E-state index in [1.165, 1.54) is 0 Å². The van der Waals surface area contributed by atoms with Crippen LogP contribution in [0.3, 0.4) is 0 Å². The minimum Gasteiger partial charge on any atom is -0.309 e. The lowest BCUT2D eigenvalue weighted by molar-refractivity contribution is 0.572. The van der Waals surface area contributed by atoms with Crippen LogP contribution in [0.5, 0.6) is 0 Å². The van der Waals surface area contributed by atoms with E-state index in [-0.39, 0.29) is 11.9 Å². The average Bonchev–Trinajstić information content (AvgIpc) is 2.35. The fourth-order valence-corrected chi connectivity index (χ4v) is 2.55. The molecular weight excluding hydrogens is 261 g/mol. The molecule has 19 heavy (non-hydrogen) atoms. The summed E-state index contributed by atoms with van der Waals surface area (Å²) in [5, 5.41) is 3.85. The van der Waals surface area contributed by atoms with Crippen molar-refractivity contribution in [3.05, 3.63) is 69.5 Å². The smallest absolute Gasteiger partial charge is 0.128 e. The molecule has 0 spiro atoms. The van der Waals surface area contributed by atoms with Crippen LogP contribution in [0.25, 0.3) is 0 Å². The third kappa shape index (κ3) is 2.96. The van der Waals surface area contributed by atoms with Crippen molar-refractivity contribution in [3.63, 3.8) is 0 Å². The molecule has 1 unspecified atom stereocenters. The Morgan fingerprint density at radius 2 is 1.74 bits per heavy atom. The van der Waals surface area contributed by atoms with E-state index in [4.69, 9.17) is 11.6 Å². The number of aryl methyl sites for hydroxylation is 2. The van der Waals surface area contributed by atoms with Gasteiger partial charge in [0.15, 0.2) is 0 Å². The van der Waals surface area contributed by atoms with Crippen LogP contribution in [0, 0.1) is 19.7 Å². The minimum atomic E-state index is -0.174. The normalized spacial score (nSPS) is 12.5. The summed E-state index contributed by atoms with van der Waals surface area (Å²) in [5.41, 5.74) is 3.57. The van der Waals surface area contributed by atoms with E-state index >= 15 is 0 Å². The van der Waals surface area contributed by atoms with Gasteiger partial charge in [0, 0.05) is 10.6 Å². The van der Waals surface area contributed by atoms with Crippen LogP contribution in [-0.4, -0.2) is 7.05 Å². The van der Waals surface area contributed by atoms with Gasteiger partial charge in [0.1, 0.15) is 5.82 Å². The second-order valence-corrected chi connectivity index (χ2v) is 5.19. The van der Waals surface area contributed by atoms with Gasteiger partial charge in [0.25, 0.3) is 0 Å². The summed E-state index contributed by atoms with van der Waals surface area (Å²) in [6.45, 7) is 3.84. The number of hydrogen-bond acceptors (Lipinski definition) is 1. The first-order valence-electron chi connectivity index (χ1n) is 6.22. The Kier molecular flexibility index (Phi) is 4.23. The summed E-state index contributed by atoms with van der Waals surface area (Å²) in [4.78, 5) is 0. The first-order chi connectivity index (χ1) is 9.02. The maximum absolute atomic E-state index is 14.2. The lowest BCUT2D eigenvalue weighted by Gasteiger charge is -2.20. The molecule has 2 rings (SSSR count). The quantitative estimate of drug-likeness (QED) is 0.876. The van der Waals surface area contributed by atoms with Crippen LogP contribution in [0.4, 0.5) is 4.39 Å². The third-order valence-corrected chi connectivity index (χ3v) is 3.51. The lowest BCUT2D eigenvalue weighted by atomic mass is 9.93. The second kappa shape index (κ2) is 5.72. The van der Waals surface area contributed by atoms with Gasteiger partial charge >= 0.3 is 0 Å². The highest BCUT2D eigenvalue weighted by Gasteiger charge is 2.18. The molecule has 2 aromatic rings. The van der Waals surface area contributed by atoms with Gasteiger partial charge in [-0.05, 0) is 55.8 Å². The highest BCUT2D eigenvalue weighted by Crippen LogP contribution is 2.28. The Labute approximate surface area is 118 Å². The molecule has 2 aromatic carbocycles. The Morgan fingerprint density at radius 3 is 2.26 bits per heavy atom. The third-order valence-electron chi connectivity index (χ3n) is 3.26. The van der Waals surface area contributed by atoms with Gasteiger partial charge < -0.3 is 5.32 Å². The molecule has 0 amide bonds. The number of hydrogen-bond donors (Lipinski definition) is 1. The molecule has 0 aromatic heterocycles. The monoisotopic (exact) mass is 277 g/mol. The maximum atomic E-state index is 14.2. The van der Waals surface area contributed by atoms with E-state index in [0.717, 1.165) is 16.7 Å². The molecule has 0 aliphatic rings. The average molecular weight is 278 g/mol. The van der Waals surface area contributed by atoms with E-state index in [0.29, 0.717) is 10.6 Å². The number of nitrogens with one attached hydrogen (secondary N) is 1. The topological polar surface area (TPSA) is 12.0 Å². The van der Waals surface area contributed by atoms with Crippen molar-refractivity contribution < 1.29 is 4.39 Å². The van der Waals surface area contributed by atoms with Gasteiger partial charge in [-0.3, -0.25) is 0 Å². The summed E-state index contributed by atoms with van der Waals surface area (Å²) >= 11 is 5.89. The summed E-state index contributed by atoms with van der Waals surface area (Å²) in [6, 6.07) is 10.9. The molecule has 100 valence electrons. The molecule has 1 atom stereocenters. The van der Waals surface area contributed by atoms with Crippen molar-refractivity contribution in [2.75, 3.05) is 7.05 Å². The molecule has 0 radical (unpaired) electrons. The van der Waals surface area contributed by atoms with Crippen molar-refractivity contribution in [2.24, 2.45) is 0 Å². The molecule has 0 saturated carbocycles. The molecular formula is C16H17ClFN. The van der Waals surface area contributed by atoms with Crippen LogP contribution < -0.4 is 5.32 Å². The molecule has 0 aliphatic heterocycles. The SMILES string of the molecule is CNC(c1ccc(Cl)cc1)c1c(C)cc(C)cc1F. The molecule has 0 heterocycles. The summed E-state index contributed by atoms with van der Waals surface area (Å²) in [7, 11) is 1.83. The predicted molar refractivity (Wildman–Crippen MR) is 78.2 cm³/mol.